The first kappa shape index (κ1) is 52.1. The number of likely N-dealkylation sites (tertiary alicyclic amines) is 1. The number of likely N-dealkylation sites (N-methyl/N-ethyl adjacent to an activating group) is 1. The quantitative estimate of drug-likeness (QED) is 0.0799. The maximum atomic E-state index is 13.0. The van der Waals surface area contributed by atoms with Crippen molar-refractivity contribution in [1.29, 1.82) is 0 Å². The standard InChI is InChI=1S/C27H33N5O4S.C25H31N5O4S/c1-30(23(33)18-31-11-3-4-12-31)17-19-5-7-20(8-6-19)26(34)29-27-28-24-22(35-2)10-9-21(25(24)37-27)32-13-15-36-16-14-32;1-25(2,20(31)14-26)27-15-16-4-6-17(7-5-16)23(32)29-24-28-21-19(33-3)9-8-18(22(21)35-24)30-10-12-34-13-11-30/h5-10H,3-4,11-18H2,1-2H3,(H,28,29,34);4-9,27H,10-15,26H2,1-3H3,(H,28,29,32). The van der Waals surface area contributed by atoms with Crippen LogP contribution in [0.25, 0.3) is 20.4 Å². The number of methoxy groups -OCH3 is 2. The number of hydrogen-bond acceptors (Lipinski definition) is 17. The predicted molar refractivity (Wildman–Crippen MR) is 284 cm³/mol. The normalized spacial score (nSPS) is 15.2. The Morgan fingerprint density at radius 1 is 0.681 bits per heavy atom. The molecular weight excluding hydrogens is 957 g/mol. The molecule has 3 fully saturated rings. The predicted octanol–water partition coefficient (Wildman–Crippen LogP) is 6.24. The lowest BCUT2D eigenvalue weighted by molar-refractivity contribution is -0.131. The number of ether oxygens (including phenoxy) is 4. The molecule has 4 aromatic carbocycles. The number of benzene rings is 4. The molecule has 0 unspecified atom stereocenters. The fourth-order valence-electron chi connectivity index (χ4n) is 8.65. The third kappa shape index (κ3) is 12.7. The summed E-state index contributed by atoms with van der Waals surface area (Å²) in [6.07, 6.45) is 2.33. The maximum Gasteiger partial charge on any atom is 0.257 e. The summed E-state index contributed by atoms with van der Waals surface area (Å²) in [5.74, 6) is 0.937. The molecule has 2 aromatic heterocycles. The van der Waals surface area contributed by atoms with E-state index in [0.717, 1.165) is 82.2 Å². The molecule has 6 aromatic rings. The number of ketones is 1. The number of hydrogen-bond donors (Lipinski definition) is 4. The van der Waals surface area contributed by atoms with Gasteiger partial charge in [0.15, 0.2) is 16.0 Å². The van der Waals surface area contributed by atoms with Crippen molar-refractivity contribution >= 4 is 88.2 Å². The highest BCUT2D eigenvalue weighted by Crippen LogP contribution is 2.41. The fourth-order valence-corrected chi connectivity index (χ4v) is 10.7. The van der Waals surface area contributed by atoms with E-state index in [2.05, 4.69) is 40.6 Å². The number of carbonyl (C=O) groups excluding carboxylic acids is 4. The first-order valence-corrected chi connectivity index (χ1v) is 25.8. The molecule has 0 aliphatic carbocycles. The van der Waals surface area contributed by atoms with Crippen molar-refractivity contribution < 1.29 is 38.1 Å². The summed E-state index contributed by atoms with van der Waals surface area (Å²) in [5.41, 5.74) is 11.4. The van der Waals surface area contributed by atoms with Gasteiger partial charge in [0, 0.05) is 57.4 Å². The second kappa shape index (κ2) is 24.0. The van der Waals surface area contributed by atoms with Crippen molar-refractivity contribution in [3.63, 3.8) is 0 Å². The number of thiazole rings is 2. The number of carbonyl (C=O) groups is 4. The van der Waals surface area contributed by atoms with Crippen molar-refractivity contribution in [2.24, 2.45) is 5.73 Å². The van der Waals surface area contributed by atoms with E-state index in [1.54, 1.807) is 43.4 Å². The number of morpholine rings is 2. The lowest BCUT2D eigenvalue weighted by Crippen LogP contribution is -2.49. The zero-order chi connectivity index (χ0) is 50.8. The average Bonchev–Trinajstić information content (AvgIpc) is 4.19. The van der Waals surface area contributed by atoms with Crippen LogP contribution in [-0.4, -0.2) is 149 Å². The molecule has 0 radical (unpaired) electrons. The second-order valence-electron chi connectivity index (χ2n) is 18.3. The monoisotopic (exact) mass is 1020 g/mol. The van der Waals surface area contributed by atoms with Crippen LogP contribution in [0.5, 0.6) is 11.5 Å². The Morgan fingerprint density at radius 2 is 1.14 bits per heavy atom. The number of nitrogens with zero attached hydrogens (tertiary/aromatic N) is 6. The van der Waals surface area contributed by atoms with Crippen LogP contribution in [0.15, 0.2) is 72.8 Å². The largest absolute Gasteiger partial charge is 0.494 e. The van der Waals surface area contributed by atoms with Gasteiger partial charge >= 0.3 is 0 Å². The number of nitrogens with two attached hydrogens (primary N) is 1. The summed E-state index contributed by atoms with van der Waals surface area (Å²) in [5, 5.41) is 10.1. The minimum absolute atomic E-state index is 0.00924. The molecule has 3 saturated heterocycles. The molecule has 0 spiro atoms. The summed E-state index contributed by atoms with van der Waals surface area (Å²) in [4.78, 5) is 68.2. The Hall–Kier alpha value is -6.26. The van der Waals surface area contributed by atoms with Gasteiger partial charge in [-0.1, -0.05) is 46.9 Å². The molecule has 5 N–H and O–H groups in total. The van der Waals surface area contributed by atoms with Crippen LogP contribution in [0.3, 0.4) is 0 Å². The van der Waals surface area contributed by atoms with E-state index in [9.17, 15) is 19.2 Å². The Balaban J connectivity index is 0.000000193. The Labute approximate surface area is 427 Å². The van der Waals surface area contributed by atoms with E-state index in [4.69, 9.17) is 24.7 Å². The third-order valence-electron chi connectivity index (χ3n) is 13.0. The molecule has 20 heteroatoms. The highest BCUT2D eigenvalue weighted by atomic mass is 32.1. The highest BCUT2D eigenvalue weighted by Gasteiger charge is 2.26. The molecule has 72 heavy (non-hydrogen) atoms. The smallest absolute Gasteiger partial charge is 0.257 e. The van der Waals surface area contributed by atoms with Crippen molar-refractivity contribution in [2.75, 3.05) is 120 Å². The number of amides is 3. The van der Waals surface area contributed by atoms with Gasteiger partial charge in [0.25, 0.3) is 11.8 Å². The van der Waals surface area contributed by atoms with Gasteiger partial charge in [-0.15, -0.1) is 0 Å². The van der Waals surface area contributed by atoms with Crippen LogP contribution in [-0.2, 0) is 32.2 Å². The molecule has 9 rings (SSSR count). The van der Waals surface area contributed by atoms with Crippen LogP contribution >= 0.6 is 22.7 Å². The Kier molecular flexibility index (Phi) is 17.3. The molecule has 3 aliphatic rings. The van der Waals surface area contributed by atoms with Crippen LogP contribution < -0.4 is 41.0 Å². The topological polar surface area (TPSA) is 206 Å². The average molecular weight is 1020 g/mol. The van der Waals surface area contributed by atoms with Crippen LogP contribution in [0.1, 0.15) is 58.5 Å². The summed E-state index contributed by atoms with van der Waals surface area (Å²) in [6.45, 7) is 13.0. The lowest BCUT2D eigenvalue weighted by Gasteiger charge is -2.29. The zero-order valence-corrected chi connectivity index (χ0v) is 43.2. The van der Waals surface area contributed by atoms with Crippen molar-refractivity contribution in [3.8, 4) is 11.5 Å². The van der Waals surface area contributed by atoms with Gasteiger partial charge in [0.05, 0.1) is 80.1 Å². The van der Waals surface area contributed by atoms with E-state index >= 15 is 0 Å². The Morgan fingerprint density at radius 3 is 1.58 bits per heavy atom. The SMILES string of the molecule is COc1ccc(N2CCOCC2)c2sc(NC(=O)c3ccc(CN(C)C(=O)CN4CCCC4)cc3)nc12.COc1ccc(N2CCOCC2)c2sc(NC(=O)c3ccc(CNC(C)(C)C(=O)CN)cc3)nc12. The fraction of sp³-hybridized carbons (Fsp3) is 0.423. The molecule has 382 valence electrons. The van der Waals surface area contributed by atoms with E-state index < -0.39 is 5.54 Å². The first-order valence-electron chi connectivity index (χ1n) is 24.2. The number of anilines is 4. The van der Waals surface area contributed by atoms with E-state index in [-0.39, 0.29) is 30.0 Å². The van der Waals surface area contributed by atoms with Crippen LogP contribution in [0.2, 0.25) is 0 Å². The molecule has 18 nitrogen and oxygen atoms in total. The van der Waals surface area contributed by atoms with Gasteiger partial charge in [-0.05, 0) is 99.4 Å². The number of fused-ring (bicyclic) bond motifs is 2. The molecular formula is C52H64N10O8S2. The van der Waals surface area contributed by atoms with E-state index in [1.807, 2.05) is 69.4 Å². The number of rotatable bonds is 17. The third-order valence-corrected chi connectivity index (χ3v) is 15.0. The van der Waals surface area contributed by atoms with Crippen LogP contribution in [0, 0.1) is 0 Å². The van der Waals surface area contributed by atoms with Gasteiger partial charge in [-0.25, -0.2) is 9.97 Å². The van der Waals surface area contributed by atoms with Gasteiger partial charge in [-0.2, -0.15) is 0 Å². The maximum absolute atomic E-state index is 13.0. The summed E-state index contributed by atoms with van der Waals surface area (Å²) < 4.78 is 24.0. The number of aromatic nitrogens is 2. The zero-order valence-electron chi connectivity index (χ0n) is 41.6. The summed E-state index contributed by atoms with van der Waals surface area (Å²) >= 11 is 2.88. The van der Waals surface area contributed by atoms with Crippen LogP contribution in [0.4, 0.5) is 21.6 Å². The minimum atomic E-state index is -0.710. The van der Waals surface area contributed by atoms with Crippen molar-refractivity contribution in [1.82, 2.24) is 25.1 Å². The Bertz CT molecular complexity index is 2840. The molecule has 3 aliphatic heterocycles. The van der Waals surface area contributed by atoms with Crippen molar-refractivity contribution in [3.05, 3.63) is 95.1 Å². The number of Topliss-reactive ketones (excluding diaryl/α,β-unsaturated/α-hetero) is 1. The molecule has 3 amide bonds. The second-order valence-corrected chi connectivity index (χ2v) is 20.3. The van der Waals surface area contributed by atoms with Gasteiger partial charge < -0.3 is 44.7 Å². The van der Waals surface area contributed by atoms with Gasteiger partial charge in [0.1, 0.15) is 22.5 Å². The van der Waals surface area contributed by atoms with Gasteiger partial charge in [-0.3, -0.25) is 34.7 Å². The minimum Gasteiger partial charge on any atom is -0.494 e. The molecule has 5 heterocycles. The van der Waals surface area contributed by atoms with Gasteiger partial charge in [0.2, 0.25) is 5.91 Å². The lowest BCUT2D eigenvalue weighted by atomic mass is 9.98. The summed E-state index contributed by atoms with van der Waals surface area (Å²) in [6, 6.07) is 22.5. The van der Waals surface area contributed by atoms with Crippen molar-refractivity contribution in [2.45, 2.75) is 45.3 Å². The molecule has 0 bridgehead atoms. The first-order chi connectivity index (χ1) is 34.8. The number of nitrogens with one attached hydrogen (secondary N) is 3. The highest BCUT2D eigenvalue weighted by molar-refractivity contribution is 7.23. The molecule has 0 atom stereocenters. The van der Waals surface area contributed by atoms with E-state index in [1.165, 1.54) is 35.5 Å². The van der Waals surface area contributed by atoms with E-state index in [0.29, 0.717) is 79.0 Å². The summed E-state index contributed by atoms with van der Waals surface area (Å²) in [7, 11) is 5.07. The molecule has 0 saturated carbocycles.